The van der Waals surface area contributed by atoms with E-state index in [0.29, 0.717) is 13.0 Å². The summed E-state index contributed by atoms with van der Waals surface area (Å²) in [6, 6.07) is -0.359. The molecule has 0 radical (unpaired) electrons. The van der Waals surface area contributed by atoms with E-state index in [1.54, 1.807) is 7.05 Å². The average molecular weight is 240 g/mol. The zero-order valence-corrected chi connectivity index (χ0v) is 9.87. The van der Waals surface area contributed by atoms with E-state index in [1.165, 1.54) is 17.1 Å². The fourth-order valence-corrected chi connectivity index (χ4v) is 2.56. The molecule has 2 bridgehead atoms. The minimum atomic E-state index is -0.970. The van der Waals surface area contributed by atoms with Crippen LogP contribution in [0.25, 0.3) is 0 Å². The first-order chi connectivity index (χ1) is 8.04. The maximum Gasteiger partial charge on any atom is 0.407 e. The number of carbonyl (C=O) groups excluding carboxylic acids is 1. The van der Waals surface area contributed by atoms with Crippen molar-refractivity contribution in [2.24, 2.45) is 11.8 Å². The summed E-state index contributed by atoms with van der Waals surface area (Å²) in [4.78, 5) is 29.3. The van der Waals surface area contributed by atoms with E-state index in [0.717, 1.165) is 0 Å². The lowest BCUT2D eigenvalue weighted by Crippen LogP contribution is -2.56. The van der Waals surface area contributed by atoms with Crippen LogP contribution in [-0.4, -0.2) is 53.8 Å². The molecule has 1 fully saturated rings. The number of hydroxylamine groups is 2. The number of amides is 2. The Balaban J connectivity index is 2.18. The Kier molecular flexibility index (Phi) is 3.06. The van der Waals surface area contributed by atoms with Crippen LogP contribution in [0.1, 0.15) is 6.42 Å². The summed E-state index contributed by atoms with van der Waals surface area (Å²) in [5.74, 6) is -0.368. The van der Waals surface area contributed by atoms with E-state index in [4.69, 9.17) is 9.94 Å². The third kappa shape index (κ3) is 2.00. The summed E-state index contributed by atoms with van der Waals surface area (Å²) >= 11 is 0. The molecule has 1 saturated heterocycles. The number of carboxylic acid groups (broad SMARTS) is 1. The van der Waals surface area contributed by atoms with Gasteiger partial charge in [0.05, 0.1) is 19.1 Å². The van der Waals surface area contributed by atoms with E-state index in [1.807, 2.05) is 12.2 Å². The number of hydrogen-bond donors (Lipinski definition) is 1. The maximum atomic E-state index is 12.0. The minimum absolute atomic E-state index is 0.135. The molecular formula is C11H16N2O4. The van der Waals surface area contributed by atoms with Crippen molar-refractivity contribution in [3.63, 3.8) is 0 Å². The van der Waals surface area contributed by atoms with Crippen LogP contribution >= 0.6 is 0 Å². The van der Waals surface area contributed by atoms with Gasteiger partial charge in [-0.25, -0.2) is 9.86 Å². The predicted molar refractivity (Wildman–Crippen MR) is 59.0 cm³/mol. The van der Waals surface area contributed by atoms with Crippen LogP contribution in [0, 0.1) is 11.8 Å². The van der Waals surface area contributed by atoms with Crippen LogP contribution in [-0.2, 0) is 9.63 Å². The molecule has 1 N–H and O–H groups in total. The van der Waals surface area contributed by atoms with E-state index in [-0.39, 0.29) is 23.8 Å². The van der Waals surface area contributed by atoms with Gasteiger partial charge in [-0.2, -0.15) is 0 Å². The first kappa shape index (κ1) is 11.9. The van der Waals surface area contributed by atoms with Crippen molar-refractivity contribution in [2.45, 2.75) is 12.5 Å². The molecule has 0 spiro atoms. The Labute approximate surface area is 99.4 Å². The smallest absolute Gasteiger partial charge is 0.407 e. The minimum Gasteiger partial charge on any atom is -0.465 e. The van der Waals surface area contributed by atoms with Crippen molar-refractivity contribution in [3.8, 4) is 0 Å². The second-order valence-corrected chi connectivity index (χ2v) is 4.43. The first-order valence-corrected chi connectivity index (χ1v) is 5.54. The van der Waals surface area contributed by atoms with Crippen molar-refractivity contribution < 1.29 is 19.5 Å². The van der Waals surface area contributed by atoms with E-state index < -0.39 is 6.09 Å². The van der Waals surface area contributed by atoms with Gasteiger partial charge in [0, 0.05) is 13.6 Å². The maximum absolute atomic E-state index is 12.0. The molecule has 3 atom stereocenters. The molecule has 3 rings (SSSR count). The quantitative estimate of drug-likeness (QED) is 0.565. The monoisotopic (exact) mass is 240 g/mol. The molecule has 17 heavy (non-hydrogen) atoms. The molecule has 6 heteroatoms. The Morgan fingerprint density at radius 2 is 2.18 bits per heavy atom. The van der Waals surface area contributed by atoms with Gasteiger partial charge in [0.25, 0.3) is 5.91 Å². The highest BCUT2D eigenvalue weighted by Crippen LogP contribution is 2.35. The summed E-state index contributed by atoms with van der Waals surface area (Å²) in [5.41, 5.74) is 0. The number of fused-ring (bicyclic) bond motifs is 2. The molecule has 0 aromatic carbocycles. The van der Waals surface area contributed by atoms with Crippen LogP contribution in [0.4, 0.5) is 4.79 Å². The van der Waals surface area contributed by atoms with Gasteiger partial charge in [0.1, 0.15) is 0 Å². The number of rotatable bonds is 2. The Bertz CT molecular complexity index is 368. The van der Waals surface area contributed by atoms with Crippen molar-refractivity contribution >= 4 is 12.0 Å². The van der Waals surface area contributed by atoms with Crippen molar-refractivity contribution in [1.29, 1.82) is 0 Å². The van der Waals surface area contributed by atoms with Crippen molar-refractivity contribution in [1.82, 2.24) is 9.96 Å². The fourth-order valence-electron chi connectivity index (χ4n) is 2.56. The van der Waals surface area contributed by atoms with Gasteiger partial charge in [-0.15, -0.1) is 0 Å². The number of piperidine rings is 1. The third-order valence-electron chi connectivity index (χ3n) is 3.49. The van der Waals surface area contributed by atoms with Gasteiger partial charge < -0.3 is 10.0 Å². The highest BCUT2D eigenvalue weighted by atomic mass is 16.7. The van der Waals surface area contributed by atoms with Crippen LogP contribution < -0.4 is 0 Å². The normalized spacial score (nSPS) is 30.5. The molecule has 6 nitrogen and oxygen atoms in total. The van der Waals surface area contributed by atoms with Gasteiger partial charge in [-0.3, -0.25) is 9.63 Å². The summed E-state index contributed by atoms with van der Waals surface area (Å²) < 4.78 is 0. The van der Waals surface area contributed by atoms with Crippen LogP contribution in [0.5, 0.6) is 0 Å². The summed E-state index contributed by atoms with van der Waals surface area (Å²) in [7, 11) is 2.96. The predicted octanol–water partition coefficient (Wildman–Crippen LogP) is 0.561. The Morgan fingerprint density at radius 3 is 2.71 bits per heavy atom. The molecule has 0 aromatic heterocycles. The van der Waals surface area contributed by atoms with Crippen LogP contribution in [0.15, 0.2) is 12.2 Å². The van der Waals surface area contributed by atoms with Gasteiger partial charge in [0.15, 0.2) is 0 Å². The van der Waals surface area contributed by atoms with E-state index in [9.17, 15) is 9.59 Å². The van der Waals surface area contributed by atoms with Crippen LogP contribution in [0.3, 0.4) is 0 Å². The summed E-state index contributed by atoms with van der Waals surface area (Å²) in [6.07, 6.45) is 3.54. The molecule has 2 amide bonds. The van der Waals surface area contributed by atoms with Crippen LogP contribution in [0.2, 0.25) is 0 Å². The lowest BCUT2D eigenvalue weighted by molar-refractivity contribution is -0.176. The van der Waals surface area contributed by atoms with E-state index >= 15 is 0 Å². The van der Waals surface area contributed by atoms with Gasteiger partial charge >= 0.3 is 6.09 Å². The molecule has 1 aliphatic carbocycles. The van der Waals surface area contributed by atoms with Gasteiger partial charge in [-0.1, -0.05) is 12.2 Å². The number of hydrogen-bond acceptors (Lipinski definition) is 3. The third-order valence-corrected chi connectivity index (χ3v) is 3.49. The zero-order chi connectivity index (χ0) is 12.6. The molecule has 0 saturated carbocycles. The highest BCUT2D eigenvalue weighted by Gasteiger charge is 2.44. The molecule has 2 heterocycles. The molecule has 0 aromatic rings. The average Bonchev–Trinajstić information content (AvgIpc) is 2.37. The summed E-state index contributed by atoms with van der Waals surface area (Å²) in [5, 5.41) is 10.3. The second-order valence-electron chi connectivity index (χ2n) is 4.43. The second kappa shape index (κ2) is 4.37. The topological polar surface area (TPSA) is 70.1 Å². The SMILES string of the molecule is CON(C)C(=O)C1CC2C=CC1N(C(=O)O)C2. The lowest BCUT2D eigenvalue weighted by atomic mass is 9.77. The largest absolute Gasteiger partial charge is 0.465 e. The van der Waals surface area contributed by atoms with Gasteiger partial charge in [-0.05, 0) is 12.3 Å². The number of nitrogens with zero attached hydrogens (tertiary/aromatic N) is 2. The molecule has 3 aliphatic rings. The Morgan fingerprint density at radius 1 is 1.47 bits per heavy atom. The fraction of sp³-hybridized carbons (Fsp3) is 0.636. The highest BCUT2D eigenvalue weighted by molar-refractivity contribution is 5.80. The molecule has 2 aliphatic heterocycles. The number of carbonyl (C=O) groups is 2. The molecular weight excluding hydrogens is 224 g/mol. The molecule has 94 valence electrons. The van der Waals surface area contributed by atoms with Crippen molar-refractivity contribution in [3.05, 3.63) is 12.2 Å². The zero-order valence-electron chi connectivity index (χ0n) is 9.87. The van der Waals surface area contributed by atoms with Crippen molar-refractivity contribution in [2.75, 3.05) is 20.7 Å². The standard InChI is InChI=1S/C11H16N2O4/c1-12(17-2)10(14)8-5-7-3-4-9(8)13(6-7)11(15)16/h3-4,7-9H,5-6H2,1-2H3,(H,15,16). The summed E-state index contributed by atoms with van der Waals surface area (Å²) in [6.45, 7) is 0.483. The molecule has 3 unspecified atom stereocenters. The first-order valence-electron chi connectivity index (χ1n) is 5.54. The van der Waals surface area contributed by atoms with Gasteiger partial charge in [0.2, 0.25) is 0 Å². The Hall–Kier alpha value is -1.56. The van der Waals surface area contributed by atoms with E-state index in [2.05, 4.69) is 0 Å². The lowest BCUT2D eigenvalue weighted by Gasteiger charge is -2.44.